The van der Waals surface area contributed by atoms with Crippen molar-refractivity contribution in [3.8, 4) is 0 Å². The Kier molecular flexibility index (Phi) is 2.98. The van der Waals surface area contributed by atoms with Crippen molar-refractivity contribution < 1.29 is 9.59 Å². The van der Waals surface area contributed by atoms with Crippen LogP contribution in [0, 0.1) is 6.92 Å². The van der Waals surface area contributed by atoms with E-state index in [1.807, 2.05) is 31.2 Å². The minimum Gasteiger partial charge on any atom is -0.327 e. The molecule has 1 aromatic carbocycles. The fourth-order valence-electron chi connectivity index (χ4n) is 2.67. The first-order chi connectivity index (χ1) is 9.16. The van der Waals surface area contributed by atoms with Crippen LogP contribution >= 0.6 is 0 Å². The third kappa shape index (κ3) is 2.10. The Labute approximate surface area is 112 Å². The topological polar surface area (TPSA) is 52.6 Å². The Balaban J connectivity index is 1.88. The van der Waals surface area contributed by atoms with Crippen LogP contribution in [-0.2, 0) is 9.59 Å². The molecule has 100 valence electrons. The van der Waals surface area contributed by atoms with Gasteiger partial charge in [0.05, 0.1) is 6.04 Å². The number of carbonyl (C=O) groups is 2. The number of amides is 2. The summed E-state index contributed by atoms with van der Waals surface area (Å²) in [7, 11) is 0. The first-order valence-corrected chi connectivity index (χ1v) is 6.56. The Morgan fingerprint density at radius 3 is 2.63 bits per heavy atom. The molecule has 2 aliphatic heterocycles. The molecule has 2 heterocycles. The normalized spacial score (nSPS) is 23.5. The highest BCUT2D eigenvalue weighted by molar-refractivity contribution is 6.41. The average Bonchev–Trinajstić information content (AvgIpc) is 2.44. The van der Waals surface area contributed by atoms with E-state index in [9.17, 15) is 9.59 Å². The summed E-state index contributed by atoms with van der Waals surface area (Å²) in [5.41, 5.74) is 1.94. The molecular formula is C14H17N3O2. The van der Waals surface area contributed by atoms with Gasteiger partial charge in [-0.25, -0.2) is 0 Å². The lowest BCUT2D eigenvalue weighted by Gasteiger charge is -2.43. The Morgan fingerprint density at radius 1 is 1.16 bits per heavy atom. The highest BCUT2D eigenvalue weighted by Crippen LogP contribution is 2.22. The van der Waals surface area contributed by atoms with Gasteiger partial charge in [-0.1, -0.05) is 17.7 Å². The van der Waals surface area contributed by atoms with E-state index in [4.69, 9.17) is 0 Å². The number of carbonyl (C=O) groups excluding carboxylic acids is 2. The minimum absolute atomic E-state index is 0.0836. The molecule has 1 unspecified atom stereocenters. The second-order valence-corrected chi connectivity index (χ2v) is 5.11. The van der Waals surface area contributed by atoms with Crippen molar-refractivity contribution >= 4 is 17.5 Å². The minimum atomic E-state index is -0.415. The monoisotopic (exact) mass is 259 g/mol. The number of piperazine rings is 2. The first kappa shape index (κ1) is 12.2. The predicted molar refractivity (Wildman–Crippen MR) is 71.9 cm³/mol. The third-order valence-corrected chi connectivity index (χ3v) is 3.78. The quantitative estimate of drug-likeness (QED) is 0.730. The van der Waals surface area contributed by atoms with Crippen LogP contribution in [0.15, 0.2) is 24.3 Å². The highest BCUT2D eigenvalue weighted by atomic mass is 16.2. The smallest absolute Gasteiger partial charge is 0.316 e. The summed E-state index contributed by atoms with van der Waals surface area (Å²) in [5, 5.41) is 3.27. The van der Waals surface area contributed by atoms with Crippen molar-refractivity contribution in [3.63, 3.8) is 0 Å². The maximum atomic E-state index is 12.2. The van der Waals surface area contributed by atoms with Gasteiger partial charge in [-0.05, 0) is 19.1 Å². The summed E-state index contributed by atoms with van der Waals surface area (Å²) < 4.78 is 0. The van der Waals surface area contributed by atoms with Gasteiger partial charge < -0.3 is 15.1 Å². The molecule has 2 fully saturated rings. The van der Waals surface area contributed by atoms with E-state index in [0.717, 1.165) is 24.3 Å². The number of hydrogen-bond acceptors (Lipinski definition) is 3. The molecule has 5 nitrogen and oxygen atoms in total. The number of fused-ring (bicyclic) bond motifs is 1. The molecule has 2 amide bonds. The van der Waals surface area contributed by atoms with E-state index in [2.05, 4.69) is 5.32 Å². The summed E-state index contributed by atoms with van der Waals surface area (Å²) in [4.78, 5) is 27.6. The summed E-state index contributed by atoms with van der Waals surface area (Å²) in [5.74, 6) is -0.791. The fraction of sp³-hybridized carbons (Fsp3) is 0.429. The summed E-state index contributed by atoms with van der Waals surface area (Å²) in [6, 6.07) is 7.79. The molecule has 0 aliphatic carbocycles. The van der Waals surface area contributed by atoms with Gasteiger partial charge in [-0.15, -0.1) is 0 Å². The van der Waals surface area contributed by atoms with Gasteiger partial charge in [0.1, 0.15) is 0 Å². The van der Waals surface area contributed by atoms with Crippen LogP contribution < -0.4 is 10.2 Å². The zero-order valence-corrected chi connectivity index (χ0v) is 10.9. The number of nitrogens with one attached hydrogen (secondary N) is 1. The van der Waals surface area contributed by atoms with Gasteiger partial charge in [0.2, 0.25) is 0 Å². The van der Waals surface area contributed by atoms with Gasteiger partial charge in [0.25, 0.3) is 0 Å². The largest absolute Gasteiger partial charge is 0.327 e. The summed E-state index contributed by atoms with van der Waals surface area (Å²) >= 11 is 0. The standard InChI is InChI=1S/C14H17N3O2/c1-10-2-4-11(5-3-10)17-9-12-8-15-6-7-16(12)13(18)14(17)19/h2-5,12,15H,6-9H2,1H3. The molecule has 0 radical (unpaired) electrons. The van der Waals surface area contributed by atoms with Crippen LogP contribution in [0.3, 0.4) is 0 Å². The number of hydrogen-bond donors (Lipinski definition) is 1. The van der Waals surface area contributed by atoms with Crippen molar-refractivity contribution in [1.82, 2.24) is 10.2 Å². The zero-order valence-electron chi connectivity index (χ0n) is 10.9. The lowest BCUT2D eigenvalue weighted by atomic mass is 10.1. The molecule has 5 heteroatoms. The second kappa shape index (κ2) is 4.66. The molecule has 3 rings (SSSR count). The van der Waals surface area contributed by atoms with E-state index in [1.165, 1.54) is 0 Å². The summed E-state index contributed by atoms with van der Waals surface area (Å²) in [6.45, 7) is 4.71. The van der Waals surface area contributed by atoms with E-state index < -0.39 is 5.91 Å². The van der Waals surface area contributed by atoms with Crippen LogP contribution in [0.25, 0.3) is 0 Å². The van der Waals surface area contributed by atoms with Crippen molar-refractivity contribution in [2.75, 3.05) is 31.1 Å². The Morgan fingerprint density at radius 2 is 1.89 bits per heavy atom. The maximum Gasteiger partial charge on any atom is 0.316 e. The molecule has 1 aromatic rings. The molecule has 0 aromatic heterocycles. The SMILES string of the molecule is Cc1ccc(N2CC3CNCCN3C(=O)C2=O)cc1. The Hall–Kier alpha value is -1.88. The zero-order chi connectivity index (χ0) is 13.4. The molecular weight excluding hydrogens is 242 g/mol. The molecule has 0 spiro atoms. The van der Waals surface area contributed by atoms with Crippen molar-refractivity contribution in [3.05, 3.63) is 29.8 Å². The van der Waals surface area contributed by atoms with Crippen LogP contribution in [0.5, 0.6) is 0 Å². The summed E-state index contributed by atoms with van der Waals surface area (Å²) in [6.07, 6.45) is 0. The molecule has 2 aliphatic rings. The van der Waals surface area contributed by atoms with Crippen molar-refractivity contribution in [2.45, 2.75) is 13.0 Å². The highest BCUT2D eigenvalue weighted by Gasteiger charge is 2.40. The van der Waals surface area contributed by atoms with Crippen LogP contribution in [0.4, 0.5) is 5.69 Å². The van der Waals surface area contributed by atoms with Gasteiger partial charge in [0, 0.05) is 31.9 Å². The molecule has 2 saturated heterocycles. The molecule has 1 N–H and O–H groups in total. The Bertz CT molecular complexity index is 512. The number of benzene rings is 1. The first-order valence-electron chi connectivity index (χ1n) is 6.56. The predicted octanol–water partition coefficient (Wildman–Crippen LogP) is 0.142. The maximum absolute atomic E-state index is 12.2. The van der Waals surface area contributed by atoms with Crippen LogP contribution in [0.2, 0.25) is 0 Å². The number of anilines is 1. The van der Waals surface area contributed by atoms with E-state index in [0.29, 0.717) is 13.1 Å². The van der Waals surface area contributed by atoms with Gasteiger partial charge in [-0.3, -0.25) is 9.59 Å². The van der Waals surface area contributed by atoms with Gasteiger partial charge in [0.15, 0.2) is 0 Å². The lowest BCUT2D eigenvalue weighted by Crippen LogP contribution is -2.65. The lowest BCUT2D eigenvalue weighted by molar-refractivity contribution is -0.149. The number of rotatable bonds is 1. The van der Waals surface area contributed by atoms with Crippen molar-refractivity contribution in [1.29, 1.82) is 0 Å². The van der Waals surface area contributed by atoms with Gasteiger partial charge >= 0.3 is 11.8 Å². The molecule has 0 saturated carbocycles. The fourth-order valence-corrected chi connectivity index (χ4v) is 2.67. The van der Waals surface area contributed by atoms with E-state index in [-0.39, 0.29) is 11.9 Å². The van der Waals surface area contributed by atoms with Gasteiger partial charge in [-0.2, -0.15) is 0 Å². The molecule has 1 atom stereocenters. The van der Waals surface area contributed by atoms with Crippen LogP contribution in [0.1, 0.15) is 5.56 Å². The molecule has 0 bridgehead atoms. The van der Waals surface area contributed by atoms with Crippen LogP contribution in [-0.4, -0.2) is 48.9 Å². The average molecular weight is 259 g/mol. The third-order valence-electron chi connectivity index (χ3n) is 3.78. The van der Waals surface area contributed by atoms with E-state index >= 15 is 0 Å². The second-order valence-electron chi connectivity index (χ2n) is 5.11. The van der Waals surface area contributed by atoms with E-state index in [1.54, 1.807) is 9.80 Å². The number of aryl methyl sites for hydroxylation is 1. The molecule has 19 heavy (non-hydrogen) atoms. The van der Waals surface area contributed by atoms with Crippen molar-refractivity contribution in [2.24, 2.45) is 0 Å². The number of nitrogens with zero attached hydrogens (tertiary/aromatic N) is 2.